The highest BCUT2D eigenvalue weighted by Gasteiger charge is 2.25. The lowest BCUT2D eigenvalue weighted by Gasteiger charge is -2.34. The summed E-state index contributed by atoms with van der Waals surface area (Å²) in [6, 6.07) is 3.35. The molecule has 1 aliphatic heterocycles. The van der Waals surface area contributed by atoms with Gasteiger partial charge < -0.3 is 14.2 Å². The Hall–Kier alpha value is -1.49. The van der Waals surface area contributed by atoms with Crippen molar-refractivity contribution in [1.82, 2.24) is 9.80 Å². The maximum atomic E-state index is 12.0. The second-order valence-corrected chi connectivity index (χ2v) is 4.82. The lowest BCUT2D eigenvalue weighted by atomic mass is 10.2. The number of carbonyl (C=O) groups is 2. The van der Waals surface area contributed by atoms with Crippen LogP contribution in [0.4, 0.5) is 0 Å². The number of amides is 2. The van der Waals surface area contributed by atoms with Crippen LogP contribution in [0.3, 0.4) is 0 Å². The van der Waals surface area contributed by atoms with E-state index < -0.39 is 0 Å². The van der Waals surface area contributed by atoms with Gasteiger partial charge in [0.25, 0.3) is 5.91 Å². The van der Waals surface area contributed by atoms with Crippen molar-refractivity contribution in [2.75, 3.05) is 32.1 Å². The topological polar surface area (TPSA) is 53.8 Å². The van der Waals surface area contributed by atoms with Crippen molar-refractivity contribution >= 4 is 23.4 Å². The van der Waals surface area contributed by atoms with Gasteiger partial charge in [0.1, 0.15) is 0 Å². The van der Waals surface area contributed by atoms with E-state index in [-0.39, 0.29) is 11.8 Å². The van der Waals surface area contributed by atoms with E-state index >= 15 is 0 Å². The first-order valence-corrected chi connectivity index (χ1v) is 6.92. The molecule has 1 aromatic heterocycles. The molecule has 5 nitrogen and oxygen atoms in total. The fourth-order valence-electron chi connectivity index (χ4n) is 2.09. The normalized spacial score (nSPS) is 15.6. The van der Waals surface area contributed by atoms with Crippen molar-refractivity contribution in [3.8, 4) is 0 Å². The molecule has 1 fully saturated rings. The molecule has 1 saturated heterocycles. The fourth-order valence-corrected chi connectivity index (χ4v) is 2.22. The van der Waals surface area contributed by atoms with E-state index in [1.807, 2.05) is 0 Å². The zero-order valence-electron chi connectivity index (χ0n) is 10.7. The van der Waals surface area contributed by atoms with Crippen LogP contribution in [0, 0.1) is 0 Å². The molecule has 104 valence electrons. The Morgan fingerprint density at radius 2 is 1.89 bits per heavy atom. The number of rotatable bonds is 4. The quantitative estimate of drug-likeness (QED) is 0.789. The van der Waals surface area contributed by atoms with E-state index in [9.17, 15) is 9.59 Å². The van der Waals surface area contributed by atoms with Crippen molar-refractivity contribution in [1.29, 1.82) is 0 Å². The predicted molar refractivity (Wildman–Crippen MR) is 71.1 cm³/mol. The van der Waals surface area contributed by atoms with Gasteiger partial charge in [0, 0.05) is 38.5 Å². The molecule has 2 rings (SSSR count). The summed E-state index contributed by atoms with van der Waals surface area (Å²) in [4.78, 5) is 27.3. The Morgan fingerprint density at radius 3 is 2.47 bits per heavy atom. The summed E-state index contributed by atoms with van der Waals surface area (Å²) in [7, 11) is 0. The van der Waals surface area contributed by atoms with Crippen LogP contribution in [-0.2, 0) is 4.79 Å². The van der Waals surface area contributed by atoms with Crippen LogP contribution in [0.5, 0.6) is 0 Å². The number of hydrogen-bond donors (Lipinski definition) is 0. The van der Waals surface area contributed by atoms with Crippen LogP contribution in [0.2, 0.25) is 0 Å². The standard InChI is InChI=1S/C13H17ClN2O3/c14-5-1-4-12(17)15-6-8-16(9-7-15)13(18)11-3-2-10-19-11/h2-3,10H,1,4-9H2. The molecule has 0 atom stereocenters. The zero-order chi connectivity index (χ0) is 13.7. The van der Waals surface area contributed by atoms with Gasteiger partial charge in [-0.25, -0.2) is 0 Å². The first kappa shape index (κ1) is 13.9. The Labute approximate surface area is 117 Å². The Morgan fingerprint density at radius 1 is 1.21 bits per heavy atom. The highest BCUT2D eigenvalue weighted by Crippen LogP contribution is 2.10. The molecule has 2 amide bonds. The van der Waals surface area contributed by atoms with Gasteiger partial charge in [0.05, 0.1) is 6.26 Å². The minimum absolute atomic E-state index is 0.113. The molecular weight excluding hydrogens is 268 g/mol. The van der Waals surface area contributed by atoms with E-state index in [1.54, 1.807) is 21.9 Å². The Kier molecular flexibility index (Phi) is 4.85. The summed E-state index contributed by atoms with van der Waals surface area (Å²) in [5.74, 6) is 0.855. The van der Waals surface area contributed by atoms with E-state index in [0.29, 0.717) is 50.7 Å². The molecule has 0 aliphatic carbocycles. The molecule has 0 unspecified atom stereocenters. The van der Waals surface area contributed by atoms with Crippen molar-refractivity contribution in [3.63, 3.8) is 0 Å². The number of nitrogens with zero attached hydrogens (tertiary/aromatic N) is 2. The minimum Gasteiger partial charge on any atom is -0.459 e. The van der Waals surface area contributed by atoms with Crippen LogP contribution in [0.15, 0.2) is 22.8 Å². The monoisotopic (exact) mass is 284 g/mol. The average molecular weight is 285 g/mol. The predicted octanol–water partition coefficient (Wildman–Crippen LogP) is 1.58. The van der Waals surface area contributed by atoms with Crippen LogP contribution >= 0.6 is 11.6 Å². The van der Waals surface area contributed by atoms with Gasteiger partial charge in [-0.3, -0.25) is 9.59 Å². The molecule has 1 aromatic rings. The van der Waals surface area contributed by atoms with Crippen molar-refractivity contribution < 1.29 is 14.0 Å². The Balaban J connectivity index is 1.82. The molecule has 19 heavy (non-hydrogen) atoms. The second-order valence-electron chi connectivity index (χ2n) is 4.44. The first-order chi connectivity index (χ1) is 9.22. The maximum absolute atomic E-state index is 12.0. The molecule has 0 saturated carbocycles. The fraction of sp³-hybridized carbons (Fsp3) is 0.538. The van der Waals surface area contributed by atoms with Crippen LogP contribution in [0.1, 0.15) is 23.4 Å². The molecule has 2 heterocycles. The molecule has 1 aliphatic rings. The van der Waals surface area contributed by atoms with E-state index in [0.717, 1.165) is 0 Å². The average Bonchev–Trinajstić information content (AvgIpc) is 2.98. The van der Waals surface area contributed by atoms with Crippen molar-refractivity contribution in [2.45, 2.75) is 12.8 Å². The van der Waals surface area contributed by atoms with E-state index in [2.05, 4.69) is 0 Å². The summed E-state index contributed by atoms with van der Waals surface area (Å²) < 4.78 is 5.09. The summed E-state index contributed by atoms with van der Waals surface area (Å²) in [5.41, 5.74) is 0. The minimum atomic E-state index is -0.113. The number of halogens is 1. The van der Waals surface area contributed by atoms with Gasteiger partial charge in [-0.15, -0.1) is 11.6 Å². The van der Waals surface area contributed by atoms with Gasteiger partial charge in [-0.1, -0.05) is 0 Å². The van der Waals surface area contributed by atoms with Gasteiger partial charge in [0.2, 0.25) is 5.91 Å². The SMILES string of the molecule is O=C(CCCCl)N1CCN(C(=O)c2ccco2)CC1. The van der Waals surface area contributed by atoms with Gasteiger partial charge >= 0.3 is 0 Å². The number of piperazine rings is 1. The summed E-state index contributed by atoms with van der Waals surface area (Å²) in [6.07, 6.45) is 2.67. The Bertz CT molecular complexity index is 425. The molecular formula is C13H17ClN2O3. The van der Waals surface area contributed by atoms with E-state index in [1.165, 1.54) is 6.26 Å². The summed E-state index contributed by atoms with van der Waals surface area (Å²) in [5, 5.41) is 0. The maximum Gasteiger partial charge on any atom is 0.289 e. The van der Waals surface area contributed by atoms with Crippen molar-refractivity contribution in [2.24, 2.45) is 0 Å². The molecule has 0 N–H and O–H groups in total. The van der Waals surface area contributed by atoms with E-state index in [4.69, 9.17) is 16.0 Å². The van der Waals surface area contributed by atoms with Gasteiger partial charge in [-0.2, -0.15) is 0 Å². The number of hydrogen-bond acceptors (Lipinski definition) is 3. The lowest BCUT2D eigenvalue weighted by Crippen LogP contribution is -2.50. The van der Waals surface area contributed by atoms with Gasteiger partial charge in [-0.05, 0) is 18.6 Å². The third-order valence-electron chi connectivity index (χ3n) is 3.18. The first-order valence-electron chi connectivity index (χ1n) is 6.39. The molecule has 0 spiro atoms. The number of furan rings is 1. The third-order valence-corrected chi connectivity index (χ3v) is 3.44. The highest BCUT2D eigenvalue weighted by molar-refractivity contribution is 6.17. The molecule has 0 aromatic carbocycles. The largest absolute Gasteiger partial charge is 0.459 e. The highest BCUT2D eigenvalue weighted by atomic mass is 35.5. The second kappa shape index (κ2) is 6.61. The van der Waals surface area contributed by atoms with Crippen LogP contribution in [-0.4, -0.2) is 53.7 Å². The molecule has 6 heteroatoms. The molecule has 0 bridgehead atoms. The molecule has 0 radical (unpaired) electrons. The number of alkyl halides is 1. The number of carbonyl (C=O) groups excluding carboxylic acids is 2. The smallest absolute Gasteiger partial charge is 0.289 e. The van der Waals surface area contributed by atoms with Crippen LogP contribution < -0.4 is 0 Å². The van der Waals surface area contributed by atoms with Crippen molar-refractivity contribution in [3.05, 3.63) is 24.2 Å². The summed E-state index contributed by atoms with van der Waals surface area (Å²) in [6.45, 7) is 2.25. The summed E-state index contributed by atoms with van der Waals surface area (Å²) >= 11 is 5.57. The third kappa shape index (κ3) is 3.50. The lowest BCUT2D eigenvalue weighted by molar-refractivity contribution is -0.132. The van der Waals surface area contributed by atoms with Gasteiger partial charge in [0.15, 0.2) is 5.76 Å². The van der Waals surface area contributed by atoms with Crippen LogP contribution in [0.25, 0.3) is 0 Å². The zero-order valence-corrected chi connectivity index (χ0v) is 11.4.